The van der Waals surface area contributed by atoms with E-state index in [1.165, 1.54) is 4.90 Å². The lowest BCUT2D eigenvalue weighted by atomic mass is 9.74. The summed E-state index contributed by atoms with van der Waals surface area (Å²) in [5.41, 5.74) is 2.69. The molecule has 0 bridgehead atoms. The number of ether oxygens (including phenoxy) is 1. The van der Waals surface area contributed by atoms with Gasteiger partial charge < -0.3 is 10.1 Å². The van der Waals surface area contributed by atoms with Crippen LogP contribution in [0.15, 0.2) is 36.7 Å². The molecular weight excluding hydrogens is 402 g/mol. The Bertz CT molecular complexity index is 1010. The topological polar surface area (TPSA) is 71.5 Å². The first kappa shape index (κ1) is 19.4. The molecule has 3 atom stereocenters. The number of benzene rings is 1. The lowest BCUT2D eigenvalue weighted by molar-refractivity contribution is -0.124. The molecule has 3 fully saturated rings. The van der Waals surface area contributed by atoms with Crippen LogP contribution in [-0.4, -0.2) is 30.1 Å². The second-order valence-corrected chi connectivity index (χ2v) is 8.89. The van der Waals surface area contributed by atoms with Gasteiger partial charge in [0.1, 0.15) is 5.75 Å². The van der Waals surface area contributed by atoms with Crippen LogP contribution in [0.5, 0.6) is 5.75 Å². The number of halogens is 1. The quantitative estimate of drug-likeness (QED) is 0.775. The first-order valence-electron chi connectivity index (χ1n) is 10.5. The molecule has 0 radical (unpaired) electrons. The van der Waals surface area contributed by atoms with Crippen molar-refractivity contribution in [1.82, 2.24) is 10.3 Å². The average molecular weight is 426 g/mol. The Balaban J connectivity index is 1.36. The van der Waals surface area contributed by atoms with Gasteiger partial charge in [0.05, 0.1) is 24.9 Å². The van der Waals surface area contributed by atoms with Crippen molar-refractivity contribution in [3.05, 3.63) is 52.8 Å². The van der Waals surface area contributed by atoms with E-state index in [4.69, 9.17) is 16.3 Å². The van der Waals surface area contributed by atoms with Crippen molar-refractivity contribution < 1.29 is 14.3 Å². The van der Waals surface area contributed by atoms with E-state index >= 15 is 0 Å². The van der Waals surface area contributed by atoms with Gasteiger partial charge in [0.25, 0.3) is 0 Å². The summed E-state index contributed by atoms with van der Waals surface area (Å²) in [6.45, 7) is 0. The summed E-state index contributed by atoms with van der Waals surface area (Å²) in [5, 5.41) is 3.77. The first-order chi connectivity index (χ1) is 14.5. The normalized spacial score (nSPS) is 26.2. The predicted octanol–water partition coefficient (Wildman–Crippen LogP) is 4.63. The third kappa shape index (κ3) is 3.43. The zero-order valence-corrected chi connectivity index (χ0v) is 17.6. The zero-order valence-electron chi connectivity index (χ0n) is 16.8. The first-order valence-corrected chi connectivity index (χ1v) is 10.9. The van der Waals surface area contributed by atoms with Crippen LogP contribution in [0.1, 0.15) is 55.1 Å². The largest absolute Gasteiger partial charge is 0.497 e. The fourth-order valence-corrected chi connectivity index (χ4v) is 5.08. The molecule has 1 saturated heterocycles. The highest BCUT2D eigenvalue weighted by atomic mass is 35.5. The summed E-state index contributed by atoms with van der Waals surface area (Å²) >= 11 is 6.44. The van der Waals surface area contributed by atoms with Gasteiger partial charge in [-0.3, -0.25) is 9.78 Å². The molecule has 1 N–H and O–H groups in total. The maximum absolute atomic E-state index is 13.3. The number of carbonyl (C=O) groups is 2. The molecule has 3 unspecified atom stereocenters. The molecule has 5 rings (SSSR count). The van der Waals surface area contributed by atoms with Gasteiger partial charge in [-0.25, -0.2) is 9.69 Å². The number of anilines is 1. The van der Waals surface area contributed by atoms with Crippen LogP contribution in [0.4, 0.5) is 10.5 Å². The number of nitrogens with zero attached hydrogens (tertiary/aromatic N) is 2. The number of carbonyl (C=O) groups excluding carboxylic acids is 2. The molecule has 30 heavy (non-hydrogen) atoms. The van der Waals surface area contributed by atoms with Crippen LogP contribution in [0.2, 0.25) is 5.02 Å². The molecule has 1 aromatic heterocycles. The lowest BCUT2D eigenvalue weighted by Gasteiger charge is -2.42. The monoisotopic (exact) mass is 425 g/mol. The van der Waals surface area contributed by atoms with Crippen LogP contribution >= 0.6 is 11.6 Å². The van der Waals surface area contributed by atoms with Crippen LogP contribution in [-0.2, 0) is 4.79 Å². The number of fused-ring (bicyclic) bond motifs is 1. The van der Waals surface area contributed by atoms with E-state index in [2.05, 4.69) is 10.3 Å². The second kappa shape index (κ2) is 7.58. The third-order valence-corrected chi connectivity index (χ3v) is 6.94. The van der Waals surface area contributed by atoms with Crippen LogP contribution < -0.4 is 15.0 Å². The number of hydrogen-bond donors (Lipinski definition) is 1. The van der Waals surface area contributed by atoms with Crippen molar-refractivity contribution in [3.8, 4) is 5.75 Å². The Morgan fingerprint density at radius 1 is 1.10 bits per heavy atom. The van der Waals surface area contributed by atoms with Gasteiger partial charge >= 0.3 is 6.03 Å². The fraction of sp³-hybridized carbons (Fsp3) is 0.435. The Morgan fingerprint density at radius 3 is 2.67 bits per heavy atom. The molecule has 7 heteroatoms. The average Bonchev–Trinajstić information content (AvgIpc) is 3.59. The Hall–Kier alpha value is -2.60. The van der Waals surface area contributed by atoms with Crippen LogP contribution in [0, 0.1) is 5.92 Å². The number of methoxy groups -OCH3 is 1. The SMILES string of the molecule is COc1ccc(Cl)c(C2CCC3C(=O)N(c4cncc(C5CC5)c4)C(=O)NC3C2)c1. The molecular formula is C23H24ClN3O3. The van der Waals surface area contributed by atoms with Gasteiger partial charge in [-0.15, -0.1) is 0 Å². The molecule has 2 aliphatic carbocycles. The van der Waals surface area contributed by atoms with Crippen molar-refractivity contribution in [2.45, 2.75) is 50.0 Å². The van der Waals surface area contributed by atoms with Gasteiger partial charge in [-0.05, 0) is 79.3 Å². The minimum absolute atomic E-state index is 0.131. The highest BCUT2D eigenvalue weighted by molar-refractivity contribution is 6.31. The van der Waals surface area contributed by atoms with E-state index < -0.39 is 0 Å². The van der Waals surface area contributed by atoms with E-state index in [1.807, 2.05) is 30.5 Å². The smallest absolute Gasteiger partial charge is 0.329 e. The summed E-state index contributed by atoms with van der Waals surface area (Å²) in [6, 6.07) is 7.01. The van der Waals surface area contributed by atoms with Crippen molar-refractivity contribution in [2.24, 2.45) is 5.92 Å². The molecule has 156 valence electrons. The third-order valence-electron chi connectivity index (χ3n) is 6.59. The van der Waals surface area contributed by atoms with Crippen LogP contribution in [0.3, 0.4) is 0 Å². The minimum atomic E-state index is -0.367. The van der Waals surface area contributed by atoms with Gasteiger partial charge in [0, 0.05) is 17.3 Å². The molecule has 3 amide bonds. The van der Waals surface area contributed by atoms with Crippen molar-refractivity contribution >= 4 is 29.2 Å². The highest BCUT2D eigenvalue weighted by Gasteiger charge is 2.45. The molecule has 1 aromatic carbocycles. The zero-order chi connectivity index (χ0) is 20.8. The summed E-state index contributed by atoms with van der Waals surface area (Å²) in [5.74, 6) is 1.08. The maximum Gasteiger partial charge on any atom is 0.329 e. The number of rotatable bonds is 4. The molecule has 2 heterocycles. The van der Waals surface area contributed by atoms with Crippen molar-refractivity contribution in [1.29, 1.82) is 0 Å². The molecule has 0 spiro atoms. The number of aromatic nitrogens is 1. The lowest BCUT2D eigenvalue weighted by Crippen LogP contribution is -2.61. The summed E-state index contributed by atoms with van der Waals surface area (Å²) in [4.78, 5) is 31.7. The Morgan fingerprint density at radius 2 is 1.90 bits per heavy atom. The van der Waals surface area contributed by atoms with E-state index in [-0.39, 0.29) is 29.8 Å². The number of hydrogen-bond acceptors (Lipinski definition) is 4. The van der Waals surface area contributed by atoms with E-state index in [0.29, 0.717) is 29.5 Å². The predicted molar refractivity (Wildman–Crippen MR) is 114 cm³/mol. The summed E-state index contributed by atoms with van der Waals surface area (Å²) in [6.07, 6.45) is 7.94. The number of amides is 3. The Kier molecular flexibility index (Phi) is 4.89. The number of pyridine rings is 1. The second-order valence-electron chi connectivity index (χ2n) is 8.48. The number of nitrogens with one attached hydrogen (secondary N) is 1. The van der Waals surface area contributed by atoms with Gasteiger partial charge in [-0.1, -0.05) is 11.6 Å². The molecule has 6 nitrogen and oxygen atoms in total. The molecule has 2 saturated carbocycles. The van der Waals surface area contributed by atoms with Gasteiger partial charge in [0.2, 0.25) is 5.91 Å². The van der Waals surface area contributed by atoms with Crippen molar-refractivity contribution in [3.63, 3.8) is 0 Å². The molecule has 1 aliphatic heterocycles. The molecule has 2 aromatic rings. The van der Waals surface area contributed by atoms with Crippen LogP contribution in [0.25, 0.3) is 0 Å². The molecule has 3 aliphatic rings. The Labute approximate surface area is 180 Å². The summed E-state index contributed by atoms with van der Waals surface area (Å²) < 4.78 is 5.34. The number of imide groups is 1. The van der Waals surface area contributed by atoms with Crippen molar-refractivity contribution in [2.75, 3.05) is 12.0 Å². The highest BCUT2D eigenvalue weighted by Crippen LogP contribution is 2.43. The minimum Gasteiger partial charge on any atom is -0.497 e. The van der Waals surface area contributed by atoms with E-state index in [0.717, 1.165) is 36.1 Å². The fourth-order valence-electron chi connectivity index (χ4n) is 4.81. The maximum atomic E-state index is 13.3. The van der Waals surface area contributed by atoms with Gasteiger partial charge in [0.15, 0.2) is 0 Å². The van der Waals surface area contributed by atoms with E-state index in [1.54, 1.807) is 13.3 Å². The van der Waals surface area contributed by atoms with E-state index in [9.17, 15) is 9.59 Å². The van der Waals surface area contributed by atoms with Gasteiger partial charge in [-0.2, -0.15) is 0 Å². The number of urea groups is 1. The summed E-state index contributed by atoms with van der Waals surface area (Å²) in [7, 11) is 1.63. The standard InChI is InChI=1S/C23H24ClN3O3/c1-30-17-5-7-20(24)19(10-17)14-4-6-18-21(9-14)26-23(29)27(22(18)28)16-8-15(11-25-12-16)13-2-3-13/h5,7-8,10-14,18,21H,2-4,6,9H2,1H3,(H,26,29).